The van der Waals surface area contributed by atoms with E-state index in [2.05, 4.69) is 0 Å². The third kappa shape index (κ3) is 3.06. The number of hydrogen-bond donors (Lipinski definition) is 1. The van der Waals surface area contributed by atoms with Crippen molar-refractivity contribution in [1.29, 1.82) is 0 Å². The fraction of sp³-hybridized carbons (Fsp3) is 0.562. The van der Waals surface area contributed by atoms with Crippen LogP contribution in [0.4, 0.5) is 5.69 Å². The maximum atomic E-state index is 12.7. The summed E-state index contributed by atoms with van der Waals surface area (Å²) in [4.78, 5) is 14.6. The number of ether oxygens (including phenoxy) is 1. The number of anilines is 1. The number of carbonyl (C=O) groups excluding carboxylic acids is 1. The minimum Gasteiger partial charge on any atom is -0.493 e. The minimum absolute atomic E-state index is 0.0130. The second-order valence-electron chi connectivity index (χ2n) is 5.29. The zero-order valence-electron chi connectivity index (χ0n) is 12.4. The fourth-order valence-electron chi connectivity index (χ4n) is 2.55. The van der Waals surface area contributed by atoms with Crippen LogP contribution >= 0.6 is 0 Å². The van der Waals surface area contributed by atoms with Gasteiger partial charge < -0.3 is 15.4 Å². The smallest absolute Gasteiger partial charge is 0.259 e. The molecule has 0 bridgehead atoms. The molecule has 0 aromatic heterocycles. The number of nitrogen functional groups attached to an aromatic ring is 1. The van der Waals surface area contributed by atoms with E-state index in [9.17, 15) is 4.79 Å². The summed E-state index contributed by atoms with van der Waals surface area (Å²) in [5.41, 5.74) is 7.00. The first-order valence-electron chi connectivity index (χ1n) is 7.47. The number of benzene rings is 1. The van der Waals surface area contributed by atoms with Crippen LogP contribution in [-0.4, -0.2) is 30.5 Å². The lowest BCUT2D eigenvalue weighted by Gasteiger charge is -2.32. The summed E-state index contributed by atoms with van der Waals surface area (Å²) >= 11 is 0. The van der Waals surface area contributed by atoms with Gasteiger partial charge in [0.2, 0.25) is 0 Å². The molecule has 1 amide bonds. The fourth-order valence-corrected chi connectivity index (χ4v) is 2.55. The predicted molar refractivity (Wildman–Crippen MR) is 80.9 cm³/mol. The van der Waals surface area contributed by atoms with Gasteiger partial charge in [-0.1, -0.05) is 12.5 Å². The molecular formula is C16H24N2O2. The molecule has 1 fully saturated rings. The summed E-state index contributed by atoms with van der Waals surface area (Å²) in [6, 6.07) is 5.39. The molecule has 1 aromatic rings. The number of amides is 1. The van der Waals surface area contributed by atoms with Crippen LogP contribution in [0.25, 0.3) is 0 Å². The van der Waals surface area contributed by atoms with Gasteiger partial charge in [-0.05, 0) is 44.7 Å². The van der Waals surface area contributed by atoms with Crippen LogP contribution in [0.3, 0.4) is 0 Å². The molecule has 0 atom stereocenters. The van der Waals surface area contributed by atoms with E-state index in [0.717, 1.165) is 6.54 Å². The van der Waals surface area contributed by atoms with Crippen molar-refractivity contribution in [3.8, 4) is 5.75 Å². The van der Waals surface area contributed by atoms with Gasteiger partial charge in [-0.2, -0.15) is 0 Å². The Kier molecular flexibility index (Phi) is 4.88. The third-order valence-corrected chi connectivity index (χ3v) is 3.94. The summed E-state index contributed by atoms with van der Waals surface area (Å²) in [7, 11) is 0. The molecule has 1 saturated carbocycles. The first kappa shape index (κ1) is 14.7. The summed E-state index contributed by atoms with van der Waals surface area (Å²) in [5, 5.41) is 0. The van der Waals surface area contributed by atoms with Crippen molar-refractivity contribution in [3.63, 3.8) is 0 Å². The van der Waals surface area contributed by atoms with E-state index in [1.807, 2.05) is 30.9 Å². The van der Waals surface area contributed by atoms with Gasteiger partial charge in [0, 0.05) is 18.8 Å². The monoisotopic (exact) mass is 276 g/mol. The van der Waals surface area contributed by atoms with E-state index in [1.165, 1.54) is 19.3 Å². The van der Waals surface area contributed by atoms with Gasteiger partial charge in [-0.15, -0.1) is 0 Å². The topological polar surface area (TPSA) is 55.6 Å². The van der Waals surface area contributed by atoms with Gasteiger partial charge in [-0.3, -0.25) is 4.79 Å². The molecule has 20 heavy (non-hydrogen) atoms. The minimum atomic E-state index is -0.0130. The lowest BCUT2D eigenvalue weighted by atomic mass is 9.85. The second kappa shape index (κ2) is 6.64. The Morgan fingerprint density at radius 2 is 2.15 bits per heavy atom. The molecule has 4 nitrogen and oxygen atoms in total. The summed E-state index contributed by atoms with van der Waals surface area (Å²) < 4.78 is 5.55. The molecule has 0 spiro atoms. The number of carbonyl (C=O) groups is 1. The molecule has 0 heterocycles. The summed E-state index contributed by atoms with van der Waals surface area (Å²) in [6.07, 6.45) is 3.74. The van der Waals surface area contributed by atoms with E-state index < -0.39 is 0 Å². The van der Waals surface area contributed by atoms with Crippen molar-refractivity contribution in [2.24, 2.45) is 5.92 Å². The van der Waals surface area contributed by atoms with Crippen molar-refractivity contribution in [3.05, 3.63) is 23.8 Å². The van der Waals surface area contributed by atoms with Crippen LogP contribution in [0, 0.1) is 5.92 Å². The van der Waals surface area contributed by atoms with E-state index in [0.29, 0.717) is 36.1 Å². The Bertz CT molecular complexity index is 470. The molecule has 0 saturated heterocycles. The molecule has 110 valence electrons. The lowest BCUT2D eigenvalue weighted by molar-refractivity contribution is 0.0703. The lowest BCUT2D eigenvalue weighted by Crippen LogP contribution is -2.37. The van der Waals surface area contributed by atoms with Crippen molar-refractivity contribution < 1.29 is 9.53 Å². The Morgan fingerprint density at radius 3 is 2.70 bits per heavy atom. The van der Waals surface area contributed by atoms with Crippen molar-refractivity contribution in [2.75, 3.05) is 25.4 Å². The molecular weight excluding hydrogens is 252 g/mol. The van der Waals surface area contributed by atoms with Crippen molar-refractivity contribution >= 4 is 11.6 Å². The summed E-state index contributed by atoms with van der Waals surface area (Å²) in [6.45, 7) is 5.97. The molecule has 0 radical (unpaired) electrons. The first-order valence-corrected chi connectivity index (χ1v) is 7.47. The van der Waals surface area contributed by atoms with Crippen LogP contribution in [0.2, 0.25) is 0 Å². The highest BCUT2D eigenvalue weighted by Gasteiger charge is 2.26. The summed E-state index contributed by atoms with van der Waals surface area (Å²) in [5.74, 6) is 1.23. The largest absolute Gasteiger partial charge is 0.493 e. The molecule has 0 unspecified atom stereocenters. The van der Waals surface area contributed by atoms with Crippen LogP contribution in [0.5, 0.6) is 5.75 Å². The van der Waals surface area contributed by atoms with Gasteiger partial charge in [-0.25, -0.2) is 0 Å². The van der Waals surface area contributed by atoms with E-state index in [-0.39, 0.29) is 5.91 Å². The van der Waals surface area contributed by atoms with Crippen molar-refractivity contribution in [2.45, 2.75) is 33.1 Å². The molecule has 4 heteroatoms. The number of rotatable bonds is 6. The normalized spacial score (nSPS) is 14.7. The van der Waals surface area contributed by atoms with Gasteiger partial charge in [0.25, 0.3) is 5.91 Å². The van der Waals surface area contributed by atoms with Crippen LogP contribution < -0.4 is 10.5 Å². The molecule has 2 rings (SSSR count). The highest BCUT2D eigenvalue weighted by Crippen LogP contribution is 2.30. The van der Waals surface area contributed by atoms with E-state index in [4.69, 9.17) is 10.5 Å². The Morgan fingerprint density at radius 1 is 1.40 bits per heavy atom. The highest BCUT2D eigenvalue weighted by atomic mass is 16.5. The average Bonchev–Trinajstić information content (AvgIpc) is 2.38. The molecule has 2 N–H and O–H groups in total. The Balaban J connectivity index is 2.21. The maximum Gasteiger partial charge on any atom is 0.259 e. The second-order valence-corrected chi connectivity index (χ2v) is 5.29. The zero-order chi connectivity index (χ0) is 14.5. The van der Waals surface area contributed by atoms with Crippen molar-refractivity contribution in [1.82, 2.24) is 4.90 Å². The standard InChI is InChI=1S/C16H24N2O2/c1-3-18(11-12-7-5-8-12)16(19)15-13(17)9-6-10-14(15)20-4-2/h6,9-10,12H,3-5,7-8,11,17H2,1-2H3. The van der Waals surface area contributed by atoms with Crippen LogP contribution in [0.15, 0.2) is 18.2 Å². The van der Waals surface area contributed by atoms with Gasteiger partial charge >= 0.3 is 0 Å². The SMILES string of the molecule is CCOc1cccc(N)c1C(=O)N(CC)CC1CCC1. The molecule has 0 aliphatic heterocycles. The average molecular weight is 276 g/mol. The van der Waals surface area contributed by atoms with Gasteiger partial charge in [0.05, 0.1) is 6.61 Å². The maximum absolute atomic E-state index is 12.7. The third-order valence-electron chi connectivity index (χ3n) is 3.94. The first-order chi connectivity index (χ1) is 9.67. The van der Waals surface area contributed by atoms with Crippen LogP contribution in [-0.2, 0) is 0 Å². The van der Waals surface area contributed by atoms with Gasteiger partial charge in [0.15, 0.2) is 0 Å². The van der Waals surface area contributed by atoms with Gasteiger partial charge in [0.1, 0.15) is 11.3 Å². The predicted octanol–water partition coefficient (Wildman–Crippen LogP) is 2.93. The number of nitrogens with two attached hydrogens (primary N) is 1. The van der Waals surface area contributed by atoms with E-state index >= 15 is 0 Å². The Hall–Kier alpha value is -1.71. The highest BCUT2D eigenvalue weighted by molar-refractivity contribution is 6.01. The molecule has 1 aliphatic rings. The Labute approximate surface area is 120 Å². The molecule has 1 aliphatic carbocycles. The quantitative estimate of drug-likeness (QED) is 0.813. The number of nitrogens with zero attached hydrogens (tertiary/aromatic N) is 1. The molecule has 1 aromatic carbocycles. The van der Waals surface area contributed by atoms with Crippen LogP contribution in [0.1, 0.15) is 43.5 Å². The number of hydrogen-bond acceptors (Lipinski definition) is 3. The zero-order valence-corrected chi connectivity index (χ0v) is 12.4. The van der Waals surface area contributed by atoms with E-state index in [1.54, 1.807) is 6.07 Å².